The predicted octanol–water partition coefficient (Wildman–Crippen LogP) is 2.56. The van der Waals surface area contributed by atoms with Crippen molar-refractivity contribution in [3.8, 4) is 0 Å². The predicted molar refractivity (Wildman–Crippen MR) is 71.4 cm³/mol. The molecule has 0 aromatic heterocycles. The van der Waals surface area contributed by atoms with Crippen LogP contribution in [0.4, 0.5) is 0 Å². The van der Waals surface area contributed by atoms with Crippen molar-refractivity contribution in [2.24, 2.45) is 5.92 Å². The van der Waals surface area contributed by atoms with Crippen molar-refractivity contribution < 1.29 is 9.90 Å². The summed E-state index contributed by atoms with van der Waals surface area (Å²) in [5, 5.41) is 8.84. The summed E-state index contributed by atoms with van der Waals surface area (Å²) < 4.78 is 0. The van der Waals surface area contributed by atoms with Crippen LogP contribution in [-0.4, -0.2) is 35.8 Å². The smallest absolute Gasteiger partial charge is 0.307 e. The number of carboxylic acids is 1. The number of hydrogen-bond donors (Lipinski definition) is 1. The maximum atomic E-state index is 10.7. The summed E-state index contributed by atoms with van der Waals surface area (Å²) in [5.74, 6) is -1.07. The summed E-state index contributed by atoms with van der Waals surface area (Å²) >= 11 is 1.72. The van der Waals surface area contributed by atoms with Gasteiger partial charge in [-0.2, -0.15) is 0 Å². The van der Waals surface area contributed by atoms with Gasteiger partial charge in [-0.3, -0.25) is 4.79 Å². The highest BCUT2D eigenvalue weighted by Gasteiger charge is 2.13. The largest absolute Gasteiger partial charge is 0.481 e. The number of carboxylic acid groups (broad SMARTS) is 1. The molecule has 17 heavy (non-hydrogen) atoms. The van der Waals surface area contributed by atoms with Gasteiger partial charge in [0.05, 0.1) is 5.92 Å². The lowest BCUT2D eigenvalue weighted by Crippen LogP contribution is -2.28. The van der Waals surface area contributed by atoms with E-state index in [9.17, 15) is 4.79 Å². The second kappa shape index (κ2) is 6.67. The minimum atomic E-state index is -0.741. The van der Waals surface area contributed by atoms with E-state index in [1.54, 1.807) is 18.7 Å². The molecule has 1 aromatic rings. The second-order valence-corrected chi connectivity index (χ2v) is 5.16. The Hall–Kier alpha value is -1.00. The lowest BCUT2D eigenvalue weighted by molar-refractivity contribution is -0.141. The van der Waals surface area contributed by atoms with Gasteiger partial charge >= 0.3 is 5.97 Å². The second-order valence-electron chi connectivity index (χ2n) is 4.28. The van der Waals surface area contributed by atoms with Crippen molar-refractivity contribution in [2.75, 3.05) is 19.8 Å². The molecule has 1 rings (SSSR count). The average molecular weight is 253 g/mol. The highest BCUT2D eigenvalue weighted by Crippen LogP contribution is 2.15. The fraction of sp³-hybridized carbons (Fsp3) is 0.462. The van der Waals surface area contributed by atoms with E-state index in [1.807, 2.05) is 11.9 Å². The van der Waals surface area contributed by atoms with Crippen LogP contribution < -0.4 is 0 Å². The number of aliphatic carboxylic acids is 1. The summed E-state index contributed by atoms with van der Waals surface area (Å²) in [6, 6.07) is 8.37. The fourth-order valence-corrected chi connectivity index (χ4v) is 2.06. The molecule has 94 valence electrons. The summed E-state index contributed by atoms with van der Waals surface area (Å²) in [7, 11) is 1.95. The fourth-order valence-electron chi connectivity index (χ4n) is 1.65. The molecule has 0 radical (unpaired) electrons. The molecule has 0 fully saturated rings. The van der Waals surface area contributed by atoms with Gasteiger partial charge in [0.2, 0.25) is 0 Å². The number of benzene rings is 1. The highest BCUT2D eigenvalue weighted by molar-refractivity contribution is 7.98. The molecule has 3 nitrogen and oxygen atoms in total. The molecule has 0 saturated heterocycles. The third kappa shape index (κ3) is 4.79. The molecule has 0 heterocycles. The zero-order chi connectivity index (χ0) is 12.8. The highest BCUT2D eigenvalue weighted by atomic mass is 32.2. The van der Waals surface area contributed by atoms with Crippen LogP contribution in [0, 0.1) is 5.92 Å². The molecular formula is C13H19NO2S. The van der Waals surface area contributed by atoms with Gasteiger partial charge in [0.25, 0.3) is 0 Å². The number of thioether (sulfide) groups is 1. The molecule has 1 N–H and O–H groups in total. The first kappa shape index (κ1) is 14.1. The number of rotatable bonds is 6. The maximum absolute atomic E-state index is 10.7. The van der Waals surface area contributed by atoms with Crippen LogP contribution in [0.3, 0.4) is 0 Å². The van der Waals surface area contributed by atoms with Gasteiger partial charge in [0.1, 0.15) is 0 Å². The summed E-state index contributed by atoms with van der Waals surface area (Å²) in [6.45, 7) is 3.08. The van der Waals surface area contributed by atoms with Gasteiger partial charge < -0.3 is 10.0 Å². The topological polar surface area (TPSA) is 40.5 Å². The molecule has 0 amide bonds. The van der Waals surface area contributed by atoms with Gasteiger partial charge in [0, 0.05) is 18.0 Å². The molecule has 1 atom stereocenters. The Morgan fingerprint density at radius 1 is 1.41 bits per heavy atom. The molecule has 0 aliphatic rings. The van der Waals surface area contributed by atoms with Crippen LogP contribution in [-0.2, 0) is 11.3 Å². The van der Waals surface area contributed by atoms with Crippen LogP contribution in [0.25, 0.3) is 0 Å². The Bertz CT molecular complexity index is 364. The van der Waals surface area contributed by atoms with Crippen LogP contribution in [0.2, 0.25) is 0 Å². The van der Waals surface area contributed by atoms with Crippen molar-refractivity contribution in [3.63, 3.8) is 0 Å². The molecule has 0 aliphatic heterocycles. The lowest BCUT2D eigenvalue weighted by Gasteiger charge is -2.19. The van der Waals surface area contributed by atoms with Crippen molar-refractivity contribution in [2.45, 2.75) is 18.4 Å². The Balaban J connectivity index is 2.49. The van der Waals surface area contributed by atoms with Gasteiger partial charge in [-0.05, 0) is 31.0 Å². The first-order chi connectivity index (χ1) is 8.02. The van der Waals surface area contributed by atoms with Crippen molar-refractivity contribution in [1.29, 1.82) is 0 Å². The van der Waals surface area contributed by atoms with E-state index in [-0.39, 0.29) is 5.92 Å². The average Bonchev–Trinajstić information content (AvgIpc) is 2.29. The number of carbonyl (C=O) groups is 1. The number of hydrogen-bond acceptors (Lipinski definition) is 3. The minimum absolute atomic E-state index is 0.328. The molecule has 0 aliphatic carbocycles. The normalized spacial score (nSPS) is 12.7. The third-order valence-electron chi connectivity index (χ3n) is 2.62. The van der Waals surface area contributed by atoms with Gasteiger partial charge in [0.15, 0.2) is 0 Å². The first-order valence-corrected chi connectivity index (χ1v) is 6.79. The van der Waals surface area contributed by atoms with Gasteiger partial charge in [-0.1, -0.05) is 19.1 Å². The molecule has 1 aromatic carbocycles. The summed E-state index contributed by atoms with van der Waals surface area (Å²) in [6.07, 6.45) is 2.05. The van der Waals surface area contributed by atoms with E-state index in [4.69, 9.17) is 5.11 Å². The maximum Gasteiger partial charge on any atom is 0.307 e. The van der Waals surface area contributed by atoms with E-state index in [0.717, 1.165) is 6.54 Å². The Labute approximate surface area is 107 Å². The molecular weight excluding hydrogens is 234 g/mol. The van der Waals surface area contributed by atoms with Gasteiger partial charge in [-0.15, -0.1) is 11.8 Å². The van der Waals surface area contributed by atoms with Crippen LogP contribution >= 0.6 is 11.8 Å². The third-order valence-corrected chi connectivity index (χ3v) is 3.36. The molecule has 0 bridgehead atoms. The first-order valence-electron chi connectivity index (χ1n) is 5.57. The lowest BCUT2D eigenvalue weighted by atomic mass is 10.1. The minimum Gasteiger partial charge on any atom is -0.481 e. The van der Waals surface area contributed by atoms with E-state index in [1.165, 1.54) is 10.5 Å². The summed E-state index contributed by atoms with van der Waals surface area (Å²) in [5.41, 5.74) is 1.21. The van der Waals surface area contributed by atoms with Crippen LogP contribution in [0.1, 0.15) is 12.5 Å². The monoisotopic (exact) mass is 253 g/mol. The molecule has 4 heteroatoms. The van der Waals surface area contributed by atoms with E-state index < -0.39 is 5.97 Å². The Morgan fingerprint density at radius 2 is 2.00 bits per heavy atom. The van der Waals surface area contributed by atoms with E-state index in [2.05, 4.69) is 30.5 Å². The van der Waals surface area contributed by atoms with Crippen molar-refractivity contribution >= 4 is 17.7 Å². The Morgan fingerprint density at radius 3 is 2.47 bits per heavy atom. The molecule has 0 saturated carbocycles. The molecule has 1 unspecified atom stereocenters. The van der Waals surface area contributed by atoms with Crippen LogP contribution in [0.15, 0.2) is 29.2 Å². The van der Waals surface area contributed by atoms with E-state index >= 15 is 0 Å². The zero-order valence-corrected chi connectivity index (χ0v) is 11.3. The quantitative estimate of drug-likeness (QED) is 0.791. The van der Waals surface area contributed by atoms with Crippen molar-refractivity contribution in [3.05, 3.63) is 29.8 Å². The van der Waals surface area contributed by atoms with E-state index in [0.29, 0.717) is 6.54 Å². The SMILES string of the molecule is CSc1ccc(CN(C)CC(C)C(=O)O)cc1. The van der Waals surface area contributed by atoms with Gasteiger partial charge in [-0.25, -0.2) is 0 Å². The standard InChI is InChI=1S/C13H19NO2S/c1-10(13(15)16)8-14(2)9-11-4-6-12(17-3)7-5-11/h4-7,10H,8-9H2,1-3H3,(H,15,16). The number of nitrogens with zero attached hydrogens (tertiary/aromatic N) is 1. The molecule has 0 spiro atoms. The zero-order valence-electron chi connectivity index (χ0n) is 10.5. The Kier molecular flexibility index (Phi) is 5.51. The van der Waals surface area contributed by atoms with Crippen molar-refractivity contribution in [1.82, 2.24) is 4.90 Å². The summed E-state index contributed by atoms with van der Waals surface area (Å²) in [4.78, 5) is 14.0. The van der Waals surface area contributed by atoms with Crippen LogP contribution in [0.5, 0.6) is 0 Å².